The molecule has 0 aromatic heterocycles. The quantitative estimate of drug-likeness (QED) is 0.131. The lowest BCUT2D eigenvalue weighted by Gasteiger charge is -2.05. The van der Waals surface area contributed by atoms with E-state index in [0.29, 0.717) is 7.92 Å². The zero-order valence-electron chi connectivity index (χ0n) is 18.7. The highest BCUT2D eigenvalue weighted by atomic mass is 35.5. The van der Waals surface area contributed by atoms with Gasteiger partial charge in [0.05, 0.1) is 0 Å². The van der Waals surface area contributed by atoms with Crippen LogP contribution < -0.4 is 0 Å². The zero-order chi connectivity index (χ0) is 18.4. The van der Waals surface area contributed by atoms with Crippen LogP contribution in [-0.2, 0) is 0 Å². The van der Waals surface area contributed by atoms with Crippen LogP contribution in [0.1, 0.15) is 135 Å². The maximum Gasteiger partial charge on any atom is -0.0331 e. The van der Waals surface area contributed by atoms with Crippen molar-refractivity contribution in [3.63, 3.8) is 0 Å². The molecule has 26 heavy (non-hydrogen) atoms. The molecule has 0 aliphatic heterocycles. The SMILES string of the molecule is CCCCCCCCCCCCCCCCCCCCCCP(C)C.Cl. The minimum atomic E-state index is 0. The van der Waals surface area contributed by atoms with Crippen LogP contribution in [0.2, 0.25) is 0 Å². The first-order valence-electron chi connectivity index (χ1n) is 11.9. The van der Waals surface area contributed by atoms with Crippen LogP contribution >= 0.6 is 20.3 Å². The van der Waals surface area contributed by atoms with Gasteiger partial charge in [0.1, 0.15) is 0 Å². The van der Waals surface area contributed by atoms with Crippen LogP contribution in [0.15, 0.2) is 0 Å². The molecule has 0 spiro atoms. The van der Waals surface area contributed by atoms with Crippen LogP contribution in [0.5, 0.6) is 0 Å². The standard InChI is InChI=1S/C24H51P.ClH/c1-4-5-6-7-8-9-10-11-12-13-14-15-16-17-18-19-20-21-22-23-24-25(2)3;/h4-24H2,1-3H3;1H. The number of hydrogen-bond acceptors (Lipinski definition) is 0. The van der Waals surface area contributed by atoms with Crippen molar-refractivity contribution in [2.45, 2.75) is 135 Å². The van der Waals surface area contributed by atoms with Gasteiger partial charge >= 0.3 is 0 Å². The molecule has 0 fully saturated rings. The topological polar surface area (TPSA) is 0 Å². The molecule has 0 saturated heterocycles. The van der Waals surface area contributed by atoms with Gasteiger partial charge in [0.2, 0.25) is 0 Å². The van der Waals surface area contributed by atoms with Crippen LogP contribution in [0.25, 0.3) is 0 Å². The summed E-state index contributed by atoms with van der Waals surface area (Å²) in [5.74, 6) is 0. The van der Waals surface area contributed by atoms with E-state index in [2.05, 4.69) is 20.3 Å². The molecule has 0 saturated carbocycles. The fourth-order valence-electron chi connectivity index (χ4n) is 3.68. The molecule has 0 N–H and O–H groups in total. The van der Waals surface area contributed by atoms with Crippen molar-refractivity contribution in [2.24, 2.45) is 0 Å². The van der Waals surface area contributed by atoms with E-state index in [4.69, 9.17) is 0 Å². The Labute approximate surface area is 175 Å². The van der Waals surface area contributed by atoms with Crippen LogP contribution in [-0.4, -0.2) is 19.5 Å². The molecule has 0 aromatic rings. The van der Waals surface area contributed by atoms with E-state index < -0.39 is 0 Å². The Morgan fingerprint density at radius 2 is 0.615 bits per heavy atom. The highest BCUT2D eigenvalue weighted by molar-refractivity contribution is 7.55. The van der Waals surface area contributed by atoms with E-state index in [9.17, 15) is 0 Å². The summed E-state index contributed by atoms with van der Waals surface area (Å²) in [6.07, 6.45) is 31.1. The summed E-state index contributed by atoms with van der Waals surface area (Å²) >= 11 is 0. The Hall–Kier alpha value is 0.720. The van der Waals surface area contributed by atoms with Gasteiger partial charge in [-0.15, -0.1) is 20.3 Å². The minimum absolute atomic E-state index is 0. The summed E-state index contributed by atoms with van der Waals surface area (Å²) in [6, 6.07) is 0. The molecule has 0 bridgehead atoms. The Morgan fingerprint density at radius 3 is 0.846 bits per heavy atom. The van der Waals surface area contributed by atoms with Crippen LogP contribution in [0, 0.1) is 0 Å². The van der Waals surface area contributed by atoms with Gasteiger partial charge in [-0.25, -0.2) is 0 Å². The van der Waals surface area contributed by atoms with Gasteiger partial charge in [0.15, 0.2) is 0 Å². The normalized spacial score (nSPS) is 11.1. The summed E-state index contributed by atoms with van der Waals surface area (Å²) in [5.41, 5.74) is 0. The lowest BCUT2D eigenvalue weighted by Crippen LogP contribution is -1.85. The molecule has 0 rings (SSSR count). The third-order valence-corrected chi connectivity index (χ3v) is 6.67. The number of hydrogen-bond donors (Lipinski definition) is 0. The molecule has 0 aliphatic carbocycles. The Balaban J connectivity index is 0. The second kappa shape index (κ2) is 25.7. The first-order valence-corrected chi connectivity index (χ1v) is 14.3. The highest BCUT2D eigenvalue weighted by Gasteiger charge is 1.96. The van der Waals surface area contributed by atoms with Crippen molar-refractivity contribution >= 4 is 20.3 Å². The maximum absolute atomic E-state index is 2.41. The second-order valence-electron chi connectivity index (χ2n) is 8.52. The molecule has 0 heterocycles. The molecular weight excluding hydrogens is 355 g/mol. The van der Waals surface area contributed by atoms with E-state index in [1.54, 1.807) is 0 Å². The van der Waals surface area contributed by atoms with E-state index in [0.717, 1.165) is 0 Å². The molecule has 0 unspecified atom stereocenters. The third-order valence-electron chi connectivity index (χ3n) is 5.46. The van der Waals surface area contributed by atoms with Gasteiger partial charge in [0, 0.05) is 0 Å². The maximum atomic E-state index is 2.41. The third kappa shape index (κ3) is 26.9. The minimum Gasteiger partial charge on any atom is -0.147 e. The van der Waals surface area contributed by atoms with Gasteiger partial charge in [-0.1, -0.05) is 129 Å². The number of rotatable bonds is 21. The zero-order valence-corrected chi connectivity index (χ0v) is 20.4. The molecule has 0 radical (unpaired) electrons. The monoisotopic (exact) mass is 406 g/mol. The average molecular weight is 407 g/mol. The lowest BCUT2D eigenvalue weighted by atomic mass is 10.0. The second-order valence-corrected chi connectivity index (χ2v) is 11.1. The van der Waals surface area contributed by atoms with Gasteiger partial charge in [-0.3, -0.25) is 0 Å². The lowest BCUT2D eigenvalue weighted by molar-refractivity contribution is 0.523. The van der Waals surface area contributed by atoms with Crippen molar-refractivity contribution in [3.8, 4) is 0 Å². The summed E-state index contributed by atoms with van der Waals surface area (Å²) < 4.78 is 0. The fraction of sp³-hybridized carbons (Fsp3) is 1.00. The summed E-state index contributed by atoms with van der Waals surface area (Å²) in [7, 11) is 0.354. The number of halogens is 1. The summed E-state index contributed by atoms with van der Waals surface area (Å²) in [6.45, 7) is 7.12. The van der Waals surface area contributed by atoms with E-state index in [1.165, 1.54) is 135 Å². The van der Waals surface area contributed by atoms with Gasteiger partial charge in [0.25, 0.3) is 0 Å². The molecule has 0 aliphatic rings. The molecular formula is C24H52ClP. The molecule has 0 aromatic carbocycles. The predicted octanol–water partition coefficient (Wildman–Crippen LogP) is 9.97. The van der Waals surface area contributed by atoms with Crippen molar-refractivity contribution in [1.82, 2.24) is 0 Å². The first-order chi connectivity index (χ1) is 12.3. The van der Waals surface area contributed by atoms with E-state index in [1.807, 2.05) is 0 Å². The number of unbranched alkanes of at least 4 members (excludes halogenated alkanes) is 19. The molecule has 0 amide bonds. The summed E-state index contributed by atoms with van der Waals surface area (Å²) in [4.78, 5) is 0. The molecule has 2 heteroatoms. The molecule has 0 nitrogen and oxygen atoms in total. The Kier molecular flexibility index (Phi) is 28.6. The van der Waals surface area contributed by atoms with Gasteiger partial charge < -0.3 is 0 Å². The van der Waals surface area contributed by atoms with Gasteiger partial charge in [-0.2, -0.15) is 0 Å². The largest absolute Gasteiger partial charge is 0.147 e. The smallest absolute Gasteiger partial charge is 0.0331 e. The Morgan fingerprint density at radius 1 is 0.385 bits per heavy atom. The highest BCUT2D eigenvalue weighted by Crippen LogP contribution is 2.26. The van der Waals surface area contributed by atoms with Crippen LogP contribution in [0.4, 0.5) is 0 Å². The Bertz CT molecular complexity index is 230. The average Bonchev–Trinajstić information content (AvgIpc) is 2.60. The van der Waals surface area contributed by atoms with Gasteiger partial charge in [-0.05, 0) is 25.9 Å². The van der Waals surface area contributed by atoms with Crippen molar-refractivity contribution in [1.29, 1.82) is 0 Å². The van der Waals surface area contributed by atoms with Crippen molar-refractivity contribution in [2.75, 3.05) is 19.5 Å². The first kappa shape index (κ1) is 28.9. The van der Waals surface area contributed by atoms with Crippen LogP contribution in [0.3, 0.4) is 0 Å². The van der Waals surface area contributed by atoms with Crippen molar-refractivity contribution in [3.05, 3.63) is 0 Å². The predicted molar refractivity (Wildman–Crippen MR) is 129 cm³/mol. The van der Waals surface area contributed by atoms with E-state index in [-0.39, 0.29) is 12.4 Å². The molecule has 0 atom stereocenters. The fourth-order valence-corrected chi connectivity index (χ4v) is 4.54. The molecule has 160 valence electrons. The summed E-state index contributed by atoms with van der Waals surface area (Å²) in [5, 5.41) is 0. The van der Waals surface area contributed by atoms with Crippen molar-refractivity contribution < 1.29 is 0 Å². The van der Waals surface area contributed by atoms with E-state index >= 15 is 0 Å².